The fourth-order valence-electron chi connectivity index (χ4n) is 8.91. The lowest BCUT2D eigenvalue weighted by atomic mass is 9.86. The Morgan fingerprint density at radius 2 is 0.967 bits per heavy atom. The van der Waals surface area contributed by atoms with Crippen molar-refractivity contribution in [2.24, 2.45) is 0 Å². The second-order valence-electron chi connectivity index (χ2n) is 18.2. The van der Waals surface area contributed by atoms with Crippen molar-refractivity contribution in [2.75, 3.05) is 26.3 Å². The third-order valence-electron chi connectivity index (χ3n) is 12.1. The van der Waals surface area contributed by atoms with Gasteiger partial charge in [0, 0.05) is 45.8 Å². The minimum Gasteiger partial charge on any atom is -0.321 e. The highest BCUT2D eigenvalue weighted by atomic mass is 15.4. The monoisotopic (exact) mass is 793 g/mol. The summed E-state index contributed by atoms with van der Waals surface area (Å²) in [6.07, 6.45) is 1.96. The quantitative estimate of drug-likeness (QED) is 0.167. The highest BCUT2D eigenvalue weighted by Crippen LogP contribution is 2.53. The maximum Gasteiger partial charge on any atom is 0.137 e. The third-order valence-corrected chi connectivity index (χ3v) is 12.1. The van der Waals surface area contributed by atoms with Gasteiger partial charge in [-0.25, -0.2) is 4.98 Å². The Balaban J connectivity index is 1.20. The number of nitrogens with zero attached hydrogens (tertiary/aromatic N) is 5. The third kappa shape index (κ3) is 6.90. The molecule has 5 heteroatoms. The van der Waals surface area contributed by atoms with Crippen LogP contribution in [0.5, 0.6) is 0 Å². The van der Waals surface area contributed by atoms with Gasteiger partial charge in [-0.15, -0.1) is 0 Å². The lowest BCUT2D eigenvalue weighted by molar-refractivity contribution is 0.589. The zero-order valence-electron chi connectivity index (χ0n) is 35.8. The minimum absolute atomic E-state index is 0.0510. The molecule has 2 aliphatic heterocycles. The van der Waals surface area contributed by atoms with Crippen LogP contribution in [0, 0.1) is 0 Å². The van der Waals surface area contributed by atoms with Crippen molar-refractivity contribution >= 4 is 57.0 Å². The first-order valence-electron chi connectivity index (χ1n) is 21.3. The minimum atomic E-state index is -0.118. The summed E-state index contributed by atoms with van der Waals surface area (Å²) in [5.41, 5.74) is 17.2. The number of aromatic nitrogens is 1. The largest absolute Gasteiger partial charge is 0.321 e. The van der Waals surface area contributed by atoms with Gasteiger partial charge in [-0.05, 0) is 118 Å². The van der Waals surface area contributed by atoms with Crippen LogP contribution in [0.1, 0.15) is 52.7 Å². The van der Waals surface area contributed by atoms with Gasteiger partial charge in [-0.3, -0.25) is 4.90 Å². The fraction of sp³-hybridized carbons (Fsp3) is 0.161. The van der Waals surface area contributed by atoms with E-state index in [9.17, 15) is 0 Å². The van der Waals surface area contributed by atoms with Crippen LogP contribution in [0.2, 0.25) is 0 Å². The van der Waals surface area contributed by atoms with Crippen LogP contribution in [-0.2, 0) is 10.8 Å². The van der Waals surface area contributed by atoms with Gasteiger partial charge in [0.2, 0.25) is 0 Å². The highest BCUT2D eigenvalue weighted by Gasteiger charge is 2.32. The van der Waals surface area contributed by atoms with Gasteiger partial charge in [-0.2, -0.15) is 0 Å². The predicted octanol–water partition coefficient (Wildman–Crippen LogP) is 15.5. The molecular formula is C56H51N5. The Labute approximate surface area is 360 Å². The van der Waals surface area contributed by atoms with E-state index in [0.717, 1.165) is 45.5 Å². The van der Waals surface area contributed by atoms with Crippen molar-refractivity contribution in [3.63, 3.8) is 0 Å². The number of anilines is 10. The molecule has 0 saturated heterocycles. The van der Waals surface area contributed by atoms with Gasteiger partial charge >= 0.3 is 0 Å². The molecule has 0 saturated carbocycles. The van der Waals surface area contributed by atoms with Crippen molar-refractivity contribution in [1.82, 2.24) is 4.98 Å². The first kappa shape index (κ1) is 38.1. The van der Waals surface area contributed by atoms with E-state index in [1.807, 2.05) is 6.20 Å². The van der Waals surface area contributed by atoms with Crippen molar-refractivity contribution < 1.29 is 0 Å². The molecule has 8 aromatic rings. The van der Waals surface area contributed by atoms with E-state index in [-0.39, 0.29) is 10.8 Å². The van der Waals surface area contributed by atoms with E-state index in [1.165, 1.54) is 44.9 Å². The summed E-state index contributed by atoms with van der Waals surface area (Å²) in [6, 6.07) is 66.4. The van der Waals surface area contributed by atoms with Crippen LogP contribution < -0.4 is 19.6 Å². The first-order valence-corrected chi connectivity index (χ1v) is 21.3. The summed E-state index contributed by atoms with van der Waals surface area (Å²) in [5.74, 6) is 0.894. The molecule has 0 unspecified atom stereocenters. The second kappa shape index (κ2) is 14.9. The van der Waals surface area contributed by atoms with Gasteiger partial charge in [-0.1, -0.05) is 139 Å². The van der Waals surface area contributed by atoms with Crippen molar-refractivity contribution in [3.8, 4) is 22.3 Å². The highest BCUT2D eigenvalue weighted by molar-refractivity contribution is 6.03. The van der Waals surface area contributed by atoms with E-state index >= 15 is 0 Å². The summed E-state index contributed by atoms with van der Waals surface area (Å²) < 4.78 is 0. The Morgan fingerprint density at radius 1 is 0.410 bits per heavy atom. The molecule has 0 spiro atoms. The number of benzene rings is 7. The van der Waals surface area contributed by atoms with Crippen LogP contribution in [0.4, 0.5) is 57.0 Å². The normalized spacial score (nSPS) is 13.2. The van der Waals surface area contributed by atoms with Crippen LogP contribution in [-0.4, -0.2) is 11.7 Å². The topological polar surface area (TPSA) is 25.9 Å². The molecule has 3 heterocycles. The van der Waals surface area contributed by atoms with E-state index in [2.05, 4.69) is 243 Å². The SMILES string of the molecule is CC(C)(C)c1cc(N2CN(c3ccccc3)c3ccccc32)cc(N(c2ccccc2)c2ccc3c(c2)N(c2cc(C(C)(C)C)ccn2)c2ccccc2-c2ccccc2-3)c1. The predicted molar refractivity (Wildman–Crippen MR) is 257 cm³/mol. The van der Waals surface area contributed by atoms with E-state index in [4.69, 9.17) is 4.98 Å². The summed E-state index contributed by atoms with van der Waals surface area (Å²) >= 11 is 0. The molecule has 300 valence electrons. The van der Waals surface area contributed by atoms with Gasteiger partial charge in [0.25, 0.3) is 0 Å². The second-order valence-corrected chi connectivity index (χ2v) is 18.2. The zero-order chi connectivity index (χ0) is 41.9. The van der Waals surface area contributed by atoms with E-state index in [1.54, 1.807) is 0 Å². The zero-order valence-corrected chi connectivity index (χ0v) is 35.8. The molecular weight excluding hydrogens is 743 g/mol. The Hall–Kier alpha value is -7.11. The number of pyridine rings is 1. The van der Waals surface area contributed by atoms with E-state index in [0.29, 0.717) is 6.67 Å². The van der Waals surface area contributed by atoms with E-state index < -0.39 is 0 Å². The molecule has 10 rings (SSSR count). The van der Waals surface area contributed by atoms with Gasteiger partial charge in [0.15, 0.2) is 0 Å². The van der Waals surface area contributed by atoms with Crippen LogP contribution in [0.25, 0.3) is 22.3 Å². The number of rotatable bonds is 6. The van der Waals surface area contributed by atoms with Gasteiger partial charge in [0.05, 0.1) is 22.7 Å². The number of para-hydroxylation sites is 5. The number of hydrogen-bond donors (Lipinski definition) is 0. The Bertz CT molecular complexity index is 2890. The molecule has 0 radical (unpaired) electrons. The smallest absolute Gasteiger partial charge is 0.137 e. The summed E-state index contributed by atoms with van der Waals surface area (Å²) in [6.45, 7) is 14.4. The van der Waals surface area contributed by atoms with Gasteiger partial charge in [0.1, 0.15) is 12.5 Å². The molecule has 0 amide bonds. The van der Waals surface area contributed by atoms with Gasteiger partial charge < -0.3 is 14.7 Å². The molecule has 1 aromatic heterocycles. The maximum atomic E-state index is 5.11. The molecule has 0 atom stereocenters. The lowest BCUT2D eigenvalue weighted by Gasteiger charge is -2.32. The molecule has 2 aliphatic rings. The Morgan fingerprint density at radius 3 is 1.62 bits per heavy atom. The first-order chi connectivity index (χ1) is 29.5. The van der Waals surface area contributed by atoms with Crippen LogP contribution in [0.3, 0.4) is 0 Å². The van der Waals surface area contributed by atoms with Crippen molar-refractivity contribution in [2.45, 2.75) is 52.4 Å². The molecule has 0 aliphatic carbocycles. The average molecular weight is 794 g/mol. The molecule has 7 aromatic carbocycles. The maximum absolute atomic E-state index is 5.11. The Kier molecular flexibility index (Phi) is 9.29. The molecule has 61 heavy (non-hydrogen) atoms. The molecule has 0 N–H and O–H groups in total. The molecule has 5 nitrogen and oxygen atoms in total. The summed E-state index contributed by atoms with van der Waals surface area (Å²) in [7, 11) is 0. The average Bonchev–Trinajstić information content (AvgIpc) is 3.62. The lowest BCUT2D eigenvalue weighted by Crippen LogP contribution is -2.25. The summed E-state index contributed by atoms with van der Waals surface area (Å²) in [4.78, 5) is 14.8. The van der Waals surface area contributed by atoms with Crippen molar-refractivity contribution in [1.29, 1.82) is 0 Å². The molecule has 0 fully saturated rings. The van der Waals surface area contributed by atoms with Crippen LogP contribution >= 0.6 is 0 Å². The number of hydrogen-bond acceptors (Lipinski definition) is 5. The molecule has 0 bridgehead atoms. The van der Waals surface area contributed by atoms with Crippen molar-refractivity contribution in [3.05, 3.63) is 199 Å². The summed E-state index contributed by atoms with van der Waals surface area (Å²) in [5, 5.41) is 0. The standard InChI is InChI=1S/C56H51N5/c1-55(2,3)39-31-32-57-54(35-39)61-50-26-16-15-25-48(50)46-23-13-14-24-47(46)49-30-29-43(37-53(49)61)60(42-21-11-8-12-22-42)45-34-40(56(4,5)6)33-44(36-45)59-38-58(41-19-9-7-10-20-41)51-27-17-18-28-52(51)59/h7-37H,38H2,1-6H3. The fourth-order valence-corrected chi connectivity index (χ4v) is 8.91. The number of fused-ring (bicyclic) bond motifs is 6. The van der Waals surface area contributed by atoms with Crippen LogP contribution in [0.15, 0.2) is 188 Å².